The minimum Gasteiger partial charge on any atom is -0.367 e. The molecule has 0 saturated carbocycles. The quantitative estimate of drug-likeness (QED) is 0.602. The number of carbonyl (C=O) groups is 1. The molecule has 2 fully saturated rings. The van der Waals surface area contributed by atoms with Crippen molar-refractivity contribution < 1.29 is 18.0 Å². The van der Waals surface area contributed by atoms with E-state index >= 15 is 0 Å². The number of hydrogen-bond acceptors (Lipinski definition) is 8. The van der Waals surface area contributed by atoms with Gasteiger partial charge in [0.15, 0.2) is 0 Å². The number of halogens is 3. The van der Waals surface area contributed by atoms with E-state index < -0.39 is 11.7 Å². The minimum atomic E-state index is -4.38. The molecular formula is C23H34F3N7OS. The molecule has 0 bridgehead atoms. The summed E-state index contributed by atoms with van der Waals surface area (Å²) in [5.41, 5.74) is -0.757. The first-order valence-corrected chi connectivity index (χ1v) is 12.4. The zero-order valence-corrected chi connectivity index (χ0v) is 20.0. The van der Waals surface area contributed by atoms with Gasteiger partial charge in [0, 0.05) is 57.9 Å². The van der Waals surface area contributed by atoms with Gasteiger partial charge in [-0.15, -0.1) is 10.2 Å². The molecular weight excluding hydrogens is 479 g/mol. The molecule has 2 aromatic heterocycles. The van der Waals surface area contributed by atoms with Gasteiger partial charge in [0.05, 0.1) is 5.56 Å². The van der Waals surface area contributed by atoms with Gasteiger partial charge in [-0.2, -0.15) is 13.2 Å². The summed E-state index contributed by atoms with van der Waals surface area (Å²) in [6, 6.07) is 2.49. The second kappa shape index (κ2) is 12.0. The molecule has 8 nitrogen and oxygen atoms in total. The number of amides is 1. The lowest BCUT2D eigenvalue weighted by Crippen LogP contribution is -2.47. The van der Waals surface area contributed by atoms with Gasteiger partial charge in [0.2, 0.25) is 11.0 Å². The van der Waals surface area contributed by atoms with Gasteiger partial charge in [-0.3, -0.25) is 9.69 Å². The van der Waals surface area contributed by atoms with Crippen LogP contribution in [0.1, 0.15) is 43.7 Å². The number of alkyl halides is 3. The first-order valence-electron chi connectivity index (χ1n) is 11.6. The second-order valence-corrected chi connectivity index (χ2v) is 9.93. The molecule has 0 aromatic carbocycles. The van der Waals surface area contributed by atoms with Crippen LogP contribution in [0.15, 0.2) is 18.3 Å². The predicted octanol–water partition coefficient (Wildman–Crippen LogP) is 3.90. The third-order valence-electron chi connectivity index (χ3n) is 6.31. The van der Waals surface area contributed by atoms with E-state index in [1.54, 1.807) is 11.3 Å². The maximum atomic E-state index is 12.7. The number of aryl methyl sites for hydroxylation is 1. The number of anilines is 2. The summed E-state index contributed by atoms with van der Waals surface area (Å²) in [6.45, 7) is 7.95. The molecule has 2 aliphatic heterocycles. The number of carbonyl (C=O) groups excluding carboxylic acids is 1. The fourth-order valence-electron chi connectivity index (χ4n) is 4.32. The van der Waals surface area contributed by atoms with E-state index in [0.717, 1.165) is 74.4 Å². The van der Waals surface area contributed by atoms with Crippen molar-refractivity contribution in [3.05, 3.63) is 28.9 Å². The molecule has 0 unspecified atom stereocenters. The summed E-state index contributed by atoms with van der Waals surface area (Å²) in [4.78, 5) is 23.1. The summed E-state index contributed by atoms with van der Waals surface area (Å²) in [5, 5.41) is 13.5. The lowest BCUT2D eigenvalue weighted by atomic mass is 10.0. The third kappa shape index (κ3) is 7.50. The Balaban J connectivity index is 0.00000342. The van der Waals surface area contributed by atoms with Gasteiger partial charge >= 0.3 is 6.18 Å². The number of nitrogens with zero attached hydrogens (tertiary/aromatic N) is 6. The summed E-state index contributed by atoms with van der Waals surface area (Å²) >= 11 is 1.62. The van der Waals surface area contributed by atoms with E-state index in [1.165, 1.54) is 6.07 Å². The number of hydrogen-bond donors (Lipinski definition) is 1. The SMILES string of the molecule is C.Cc1nnc(N2CCN(CCCC(=O)N3CCC(Nc4ccc(C(F)(F)F)cn4)CC3)CC2)s1. The van der Waals surface area contributed by atoms with E-state index in [9.17, 15) is 18.0 Å². The molecule has 0 aliphatic carbocycles. The zero-order chi connectivity index (χ0) is 24.1. The Morgan fingerprint density at radius 2 is 1.83 bits per heavy atom. The Labute approximate surface area is 208 Å². The average Bonchev–Trinajstić information content (AvgIpc) is 3.26. The highest BCUT2D eigenvalue weighted by Crippen LogP contribution is 2.29. The number of nitrogens with one attached hydrogen (secondary N) is 1. The second-order valence-electron chi connectivity index (χ2n) is 8.77. The van der Waals surface area contributed by atoms with Gasteiger partial charge < -0.3 is 15.1 Å². The lowest BCUT2D eigenvalue weighted by molar-refractivity contribution is -0.137. The monoisotopic (exact) mass is 513 g/mol. The fraction of sp³-hybridized carbons (Fsp3) is 0.652. The van der Waals surface area contributed by atoms with Crippen LogP contribution in [0.4, 0.5) is 24.1 Å². The largest absolute Gasteiger partial charge is 0.417 e. The van der Waals surface area contributed by atoms with Crippen LogP contribution in [0, 0.1) is 6.92 Å². The average molecular weight is 514 g/mol. The van der Waals surface area contributed by atoms with Crippen molar-refractivity contribution in [3.8, 4) is 0 Å². The molecule has 2 aromatic rings. The molecule has 194 valence electrons. The van der Waals surface area contributed by atoms with Crippen LogP contribution < -0.4 is 10.2 Å². The van der Waals surface area contributed by atoms with Crippen molar-refractivity contribution in [2.24, 2.45) is 0 Å². The summed E-state index contributed by atoms with van der Waals surface area (Å²) < 4.78 is 38.0. The normalized spacial score (nSPS) is 17.8. The molecule has 0 atom stereocenters. The molecule has 0 radical (unpaired) electrons. The van der Waals surface area contributed by atoms with Crippen LogP contribution in [0.25, 0.3) is 0 Å². The van der Waals surface area contributed by atoms with Gasteiger partial charge in [0.25, 0.3) is 0 Å². The highest BCUT2D eigenvalue weighted by atomic mass is 32.1. The van der Waals surface area contributed by atoms with Crippen LogP contribution in [-0.4, -0.2) is 82.7 Å². The highest BCUT2D eigenvalue weighted by Gasteiger charge is 2.31. The van der Waals surface area contributed by atoms with Gasteiger partial charge in [-0.1, -0.05) is 18.8 Å². The number of likely N-dealkylation sites (tertiary alicyclic amines) is 1. The molecule has 0 spiro atoms. The number of rotatable bonds is 7. The fourth-order valence-corrected chi connectivity index (χ4v) is 5.06. The number of pyridine rings is 1. The lowest BCUT2D eigenvalue weighted by Gasteiger charge is -2.35. The zero-order valence-electron chi connectivity index (χ0n) is 19.2. The molecule has 1 N–H and O–H groups in total. The van der Waals surface area contributed by atoms with Crippen molar-refractivity contribution in [1.82, 2.24) is 25.0 Å². The van der Waals surface area contributed by atoms with E-state index in [4.69, 9.17) is 0 Å². The molecule has 2 saturated heterocycles. The Kier molecular flexibility index (Phi) is 9.28. The van der Waals surface area contributed by atoms with Crippen molar-refractivity contribution in [2.45, 2.75) is 52.3 Å². The summed E-state index contributed by atoms with van der Waals surface area (Å²) in [5.74, 6) is 0.605. The highest BCUT2D eigenvalue weighted by molar-refractivity contribution is 7.15. The maximum Gasteiger partial charge on any atom is 0.417 e. The molecule has 12 heteroatoms. The molecule has 4 heterocycles. The Morgan fingerprint density at radius 1 is 1.11 bits per heavy atom. The van der Waals surface area contributed by atoms with E-state index in [0.29, 0.717) is 25.3 Å². The van der Waals surface area contributed by atoms with Crippen LogP contribution in [0.3, 0.4) is 0 Å². The molecule has 1 amide bonds. The number of piperidine rings is 1. The Hall–Kier alpha value is -2.47. The molecule has 35 heavy (non-hydrogen) atoms. The van der Waals surface area contributed by atoms with Gasteiger partial charge in [0.1, 0.15) is 10.8 Å². The standard InChI is InChI=1S/C22H30F3N7OS.CH4/c1-16-28-29-21(34-16)32-13-11-30(12-14-32)8-2-3-20(33)31-9-6-18(7-10-31)27-19-5-4-17(15-26-19)22(23,24)25;/h4-5,15,18H,2-3,6-14H2,1H3,(H,26,27);1H4. The van der Waals surface area contributed by atoms with E-state index in [1.807, 2.05) is 11.8 Å². The van der Waals surface area contributed by atoms with Crippen molar-refractivity contribution >= 4 is 28.2 Å². The predicted molar refractivity (Wildman–Crippen MR) is 132 cm³/mol. The first-order chi connectivity index (χ1) is 16.3. The third-order valence-corrected chi connectivity index (χ3v) is 7.21. The minimum absolute atomic E-state index is 0. The van der Waals surface area contributed by atoms with Crippen molar-refractivity contribution in [2.75, 3.05) is 56.0 Å². The maximum absolute atomic E-state index is 12.7. The topological polar surface area (TPSA) is 77.5 Å². The summed E-state index contributed by atoms with van der Waals surface area (Å²) in [7, 11) is 0. The van der Waals surface area contributed by atoms with Gasteiger partial charge in [-0.25, -0.2) is 4.98 Å². The van der Waals surface area contributed by atoms with Crippen molar-refractivity contribution in [1.29, 1.82) is 0 Å². The number of piperazine rings is 1. The molecule has 4 rings (SSSR count). The van der Waals surface area contributed by atoms with Gasteiger partial charge in [-0.05, 0) is 44.9 Å². The molecule has 2 aliphatic rings. The van der Waals surface area contributed by atoms with Crippen LogP contribution >= 0.6 is 11.3 Å². The summed E-state index contributed by atoms with van der Waals surface area (Å²) in [6.07, 6.45) is -0.663. The van der Waals surface area contributed by atoms with Crippen molar-refractivity contribution in [3.63, 3.8) is 0 Å². The van der Waals surface area contributed by atoms with E-state index in [2.05, 4.69) is 30.3 Å². The van der Waals surface area contributed by atoms with Crippen LogP contribution in [0.5, 0.6) is 0 Å². The smallest absolute Gasteiger partial charge is 0.367 e. The number of aromatic nitrogens is 3. The first kappa shape index (κ1) is 27.1. The van der Waals surface area contributed by atoms with Crippen LogP contribution in [0.2, 0.25) is 0 Å². The van der Waals surface area contributed by atoms with E-state index in [-0.39, 0.29) is 19.4 Å². The Morgan fingerprint density at radius 3 is 2.40 bits per heavy atom. The van der Waals surface area contributed by atoms with Crippen LogP contribution in [-0.2, 0) is 11.0 Å². The Bertz CT molecular complexity index is 937.